The highest BCUT2D eigenvalue weighted by Crippen LogP contribution is 2.19. The van der Waals surface area contributed by atoms with Crippen molar-refractivity contribution < 1.29 is 0 Å². The van der Waals surface area contributed by atoms with E-state index >= 15 is 0 Å². The van der Waals surface area contributed by atoms with E-state index in [9.17, 15) is 0 Å². The Morgan fingerprint density at radius 2 is 1.79 bits per heavy atom. The van der Waals surface area contributed by atoms with Crippen molar-refractivity contribution in [3.05, 3.63) is 34.3 Å². The number of hydrogen-bond acceptors (Lipinski definition) is 3. The van der Waals surface area contributed by atoms with Crippen molar-refractivity contribution in [1.82, 2.24) is 15.1 Å². The number of benzene rings is 1. The summed E-state index contributed by atoms with van der Waals surface area (Å²) in [4.78, 5) is 4.98. The van der Waals surface area contributed by atoms with Gasteiger partial charge in [0.15, 0.2) is 0 Å². The van der Waals surface area contributed by atoms with E-state index in [1.165, 1.54) is 44.7 Å². The zero-order valence-corrected chi connectivity index (χ0v) is 13.5. The fourth-order valence-electron chi connectivity index (χ4n) is 2.56. The maximum absolute atomic E-state index is 3.49. The van der Waals surface area contributed by atoms with Gasteiger partial charge < -0.3 is 15.1 Å². The van der Waals surface area contributed by atoms with Crippen LogP contribution in [0.1, 0.15) is 18.0 Å². The Hall–Kier alpha value is -0.420. The van der Waals surface area contributed by atoms with E-state index in [0.717, 1.165) is 4.47 Å². The zero-order chi connectivity index (χ0) is 13.7. The van der Waals surface area contributed by atoms with Gasteiger partial charge in [0, 0.05) is 43.2 Å². The van der Waals surface area contributed by atoms with Crippen molar-refractivity contribution in [2.75, 3.05) is 46.8 Å². The van der Waals surface area contributed by atoms with Gasteiger partial charge in [-0.3, -0.25) is 0 Å². The van der Waals surface area contributed by atoms with Crippen LogP contribution in [-0.4, -0.2) is 56.6 Å². The molecule has 2 rings (SSSR count). The minimum absolute atomic E-state index is 0.452. The highest BCUT2D eigenvalue weighted by molar-refractivity contribution is 9.10. The molecular formula is C15H24BrN3. The number of rotatable bonds is 5. The van der Waals surface area contributed by atoms with Crippen molar-refractivity contribution in [1.29, 1.82) is 0 Å². The topological polar surface area (TPSA) is 18.5 Å². The molecule has 1 aliphatic heterocycles. The normalized spacial score (nSPS) is 19.5. The Morgan fingerprint density at radius 3 is 2.37 bits per heavy atom. The first kappa shape index (κ1) is 15.0. The van der Waals surface area contributed by atoms with Gasteiger partial charge in [-0.25, -0.2) is 0 Å². The molecular weight excluding hydrogens is 302 g/mol. The first-order chi connectivity index (χ1) is 9.19. The molecule has 3 nitrogen and oxygen atoms in total. The van der Waals surface area contributed by atoms with Crippen LogP contribution in [-0.2, 0) is 0 Å². The number of likely N-dealkylation sites (N-methyl/N-ethyl adjacent to an activating group) is 1. The molecule has 1 N–H and O–H groups in total. The van der Waals surface area contributed by atoms with E-state index < -0.39 is 0 Å². The van der Waals surface area contributed by atoms with Gasteiger partial charge in [0.05, 0.1) is 0 Å². The summed E-state index contributed by atoms with van der Waals surface area (Å²) >= 11 is 3.49. The van der Waals surface area contributed by atoms with Crippen LogP contribution in [0.15, 0.2) is 28.7 Å². The summed E-state index contributed by atoms with van der Waals surface area (Å²) in [5.41, 5.74) is 1.37. The summed E-state index contributed by atoms with van der Waals surface area (Å²) in [7, 11) is 4.26. The third-order valence-electron chi connectivity index (χ3n) is 3.95. The number of nitrogens with zero attached hydrogens (tertiary/aromatic N) is 2. The lowest BCUT2D eigenvalue weighted by Gasteiger charge is -2.33. The SMILES string of the molecule is CNC(CCN1CCN(C)CC1)c1ccc(Br)cc1. The van der Waals surface area contributed by atoms with Crippen molar-refractivity contribution in [3.8, 4) is 0 Å². The standard InChI is InChI=1S/C15H24BrN3/c1-17-15(13-3-5-14(16)6-4-13)7-8-19-11-9-18(2)10-12-19/h3-6,15,17H,7-12H2,1-2H3. The van der Waals surface area contributed by atoms with Crippen LogP contribution < -0.4 is 5.32 Å². The Kier molecular flexibility index (Phi) is 5.82. The lowest BCUT2D eigenvalue weighted by molar-refractivity contribution is 0.149. The van der Waals surface area contributed by atoms with Gasteiger partial charge in [-0.05, 0) is 38.2 Å². The lowest BCUT2D eigenvalue weighted by Crippen LogP contribution is -2.45. The third-order valence-corrected chi connectivity index (χ3v) is 4.48. The van der Waals surface area contributed by atoms with Gasteiger partial charge in [-0.1, -0.05) is 28.1 Å². The smallest absolute Gasteiger partial charge is 0.0329 e. The molecule has 1 aromatic carbocycles. The van der Waals surface area contributed by atoms with Gasteiger partial charge in [-0.15, -0.1) is 0 Å². The Morgan fingerprint density at radius 1 is 1.16 bits per heavy atom. The van der Waals surface area contributed by atoms with Gasteiger partial charge >= 0.3 is 0 Å². The zero-order valence-electron chi connectivity index (χ0n) is 11.9. The molecule has 1 unspecified atom stereocenters. The highest BCUT2D eigenvalue weighted by atomic mass is 79.9. The summed E-state index contributed by atoms with van der Waals surface area (Å²) in [6.07, 6.45) is 1.17. The molecule has 19 heavy (non-hydrogen) atoms. The maximum atomic E-state index is 3.49. The highest BCUT2D eigenvalue weighted by Gasteiger charge is 2.16. The molecule has 0 bridgehead atoms. The van der Waals surface area contributed by atoms with Crippen molar-refractivity contribution in [2.24, 2.45) is 0 Å². The van der Waals surface area contributed by atoms with E-state index in [1.54, 1.807) is 0 Å². The van der Waals surface area contributed by atoms with Crippen LogP contribution in [0.25, 0.3) is 0 Å². The predicted octanol–water partition coefficient (Wildman–Crippen LogP) is 2.35. The molecule has 0 saturated carbocycles. The summed E-state index contributed by atoms with van der Waals surface area (Å²) in [6.45, 7) is 5.97. The molecule has 0 aromatic heterocycles. The Labute approximate surface area is 125 Å². The number of piperazine rings is 1. The van der Waals surface area contributed by atoms with Gasteiger partial charge in [0.1, 0.15) is 0 Å². The molecule has 1 aliphatic rings. The largest absolute Gasteiger partial charge is 0.313 e. The first-order valence-corrected chi connectivity index (χ1v) is 7.82. The van der Waals surface area contributed by atoms with Crippen LogP contribution in [0, 0.1) is 0 Å². The fourth-order valence-corrected chi connectivity index (χ4v) is 2.82. The van der Waals surface area contributed by atoms with Crippen LogP contribution in [0.2, 0.25) is 0 Å². The average Bonchev–Trinajstić information content (AvgIpc) is 2.43. The van der Waals surface area contributed by atoms with Crippen molar-refractivity contribution in [3.63, 3.8) is 0 Å². The van der Waals surface area contributed by atoms with Crippen LogP contribution in [0.5, 0.6) is 0 Å². The first-order valence-electron chi connectivity index (χ1n) is 7.02. The quantitative estimate of drug-likeness (QED) is 0.896. The predicted molar refractivity (Wildman–Crippen MR) is 84.5 cm³/mol. The summed E-state index contributed by atoms with van der Waals surface area (Å²) in [5.74, 6) is 0. The summed E-state index contributed by atoms with van der Waals surface area (Å²) < 4.78 is 1.14. The Bertz CT molecular complexity index is 371. The fraction of sp³-hybridized carbons (Fsp3) is 0.600. The van der Waals surface area contributed by atoms with E-state index in [2.05, 4.69) is 69.4 Å². The molecule has 1 fully saturated rings. The molecule has 4 heteroatoms. The van der Waals surface area contributed by atoms with E-state index in [-0.39, 0.29) is 0 Å². The minimum atomic E-state index is 0.452. The number of hydrogen-bond donors (Lipinski definition) is 1. The van der Waals surface area contributed by atoms with Crippen LogP contribution in [0.4, 0.5) is 0 Å². The summed E-state index contributed by atoms with van der Waals surface area (Å²) in [6, 6.07) is 9.10. The van der Waals surface area contributed by atoms with E-state index in [4.69, 9.17) is 0 Å². The molecule has 0 radical (unpaired) electrons. The molecule has 0 amide bonds. The summed E-state index contributed by atoms with van der Waals surface area (Å²) in [5, 5.41) is 3.43. The van der Waals surface area contributed by atoms with Crippen molar-refractivity contribution in [2.45, 2.75) is 12.5 Å². The molecule has 0 aliphatic carbocycles. The Balaban J connectivity index is 1.84. The van der Waals surface area contributed by atoms with Gasteiger partial charge in [0.25, 0.3) is 0 Å². The molecule has 1 aromatic rings. The van der Waals surface area contributed by atoms with Gasteiger partial charge in [-0.2, -0.15) is 0 Å². The van der Waals surface area contributed by atoms with E-state index in [0.29, 0.717) is 6.04 Å². The molecule has 1 atom stereocenters. The average molecular weight is 326 g/mol. The second-order valence-electron chi connectivity index (χ2n) is 5.33. The number of halogens is 1. The maximum Gasteiger partial charge on any atom is 0.0329 e. The molecule has 1 saturated heterocycles. The minimum Gasteiger partial charge on any atom is -0.313 e. The van der Waals surface area contributed by atoms with Gasteiger partial charge in [0.2, 0.25) is 0 Å². The number of nitrogens with one attached hydrogen (secondary N) is 1. The third kappa shape index (κ3) is 4.56. The molecule has 106 valence electrons. The second kappa shape index (κ2) is 7.39. The molecule has 1 heterocycles. The van der Waals surface area contributed by atoms with Crippen LogP contribution in [0.3, 0.4) is 0 Å². The monoisotopic (exact) mass is 325 g/mol. The lowest BCUT2D eigenvalue weighted by atomic mass is 10.0. The van der Waals surface area contributed by atoms with E-state index in [1.807, 2.05) is 0 Å². The van der Waals surface area contributed by atoms with Crippen LogP contribution >= 0.6 is 15.9 Å². The van der Waals surface area contributed by atoms with Crippen molar-refractivity contribution >= 4 is 15.9 Å². The molecule has 0 spiro atoms. The second-order valence-corrected chi connectivity index (χ2v) is 6.24.